The average Bonchev–Trinajstić information content (AvgIpc) is 3.32. The first kappa shape index (κ1) is 31.0. The fraction of sp³-hybridized carbons (Fsp3) is 0.357. The molecular weight excluding hydrogens is 545 g/mol. The Balaban J connectivity index is 1.77. The number of halogens is 3. The minimum absolute atomic E-state index is 0.0139. The molecule has 2 aromatic heterocycles. The third kappa shape index (κ3) is 8.72. The Labute approximate surface area is 233 Å². The second kappa shape index (κ2) is 14.2. The van der Waals surface area contributed by atoms with Crippen LogP contribution in [-0.2, 0) is 27.3 Å². The number of fused-ring (bicyclic) bond motifs is 1. The van der Waals surface area contributed by atoms with Crippen LogP contribution in [0.15, 0.2) is 53.5 Å². The number of amides is 2. The summed E-state index contributed by atoms with van der Waals surface area (Å²) >= 11 is 0. The fourth-order valence-corrected chi connectivity index (χ4v) is 4.04. The number of benzene rings is 1. The van der Waals surface area contributed by atoms with Crippen molar-refractivity contribution in [2.45, 2.75) is 38.3 Å². The molecule has 0 saturated heterocycles. The molecule has 0 aliphatic heterocycles. The van der Waals surface area contributed by atoms with Gasteiger partial charge in [-0.2, -0.15) is 0 Å². The Kier molecular flexibility index (Phi) is 10.7. The number of allylic oxidation sites excluding steroid dienone is 1. The molecule has 41 heavy (non-hydrogen) atoms. The van der Waals surface area contributed by atoms with Crippen LogP contribution in [0.25, 0.3) is 10.9 Å². The number of aromatic amines is 1. The molecule has 2 amide bonds. The van der Waals surface area contributed by atoms with Gasteiger partial charge in [0.1, 0.15) is 18.2 Å². The van der Waals surface area contributed by atoms with Gasteiger partial charge >= 0.3 is 6.09 Å². The molecule has 0 aliphatic carbocycles. The van der Waals surface area contributed by atoms with Crippen molar-refractivity contribution >= 4 is 28.7 Å². The predicted octanol–water partition coefficient (Wildman–Crippen LogP) is 3.42. The smallest absolute Gasteiger partial charge is 0.407 e. The molecule has 1 aromatic carbocycles. The van der Waals surface area contributed by atoms with Crippen LogP contribution in [0.2, 0.25) is 0 Å². The molecule has 3 aromatic rings. The molecule has 2 N–H and O–H groups in total. The minimum Gasteiger partial charge on any atom is -0.485 e. The number of carbonyl (C=O) groups is 3. The summed E-state index contributed by atoms with van der Waals surface area (Å²) in [6.07, 6.45) is 1.12. The Morgan fingerprint density at radius 1 is 1.20 bits per heavy atom. The molecule has 0 bridgehead atoms. The average molecular weight is 577 g/mol. The Morgan fingerprint density at radius 3 is 2.63 bits per heavy atom. The van der Waals surface area contributed by atoms with Crippen LogP contribution in [-0.4, -0.2) is 72.5 Å². The van der Waals surface area contributed by atoms with Gasteiger partial charge in [-0.05, 0) is 37.1 Å². The number of hydrogen-bond acceptors (Lipinski definition) is 6. The van der Waals surface area contributed by atoms with E-state index in [0.717, 1.165) is 13.2 Å². The highest BCUT2D eigenvalue weighted by Crippen LogP contribution is 2.28. The van der Waals surface area contributed by atoms with Crippen LogP contribution in [0.4, 0.5) is 18.0 Å². The number of rotatable bonds is 13. The number of methoxy groups -OCH3 is 1. The number of nitrogens with zero attached hydrogens (tertiary/aromatic N) is 2. The zero-order valence-electron chi connectivity index (χ0n) is 22.8. The van der Waals surface area contributed by atoms with Gasteiger partial charge < -0.3 is 29.2 Å². The van der Waals surface area contributed by atoms with E-state index in [1.807, 2.05) is 0 Å². The fourth-order valence-electron chi connectivity index (χ4n) is 4.04. The van der Waals surface area contributed by atoms with Crippen molar-refractivity contribution in [3.63, 3.8) is 0 Å². The highest BCUT2D eigenvalue weighted by molar-refractivity contribution is 5.89. The van der Waals surface area contributed by atoms with Gasteiger partial charge in [-0.1, -0.05) is 12.1 Å². The zero-order chi connectivity index (χ0) is 30.1. The van der Waals surface area contributed by atoms with E-state index in [2.05, 4.69) is 15.0 Å². The molecule has 0 saturated carbocycles. The molecule has 1 atom stereocenters. The predicted molar refractivity (Wildman–Crippen MR) is 145 cm³/mol. The summed E-state index contributed by atoms with van der Waals surface area (Å²) in [5, 5.41) is 2.85. The molecule has 0 fully saturated rings. The molecule has 220 valence electrons. The summed E-state index contributed by atoms with van der Waals surface area (Å²) in [5.41, 5.74) is 0.491. The van der Waals surface area contributed by atoms with Gasteiger partial charge in [0.05, 0.1) is 25.2 Å². The van der Waals surface area contributed by atoms with Crippen molar-refractivity contribution in [1.82, 2.24) is 19.8 Å². The Hall–Kier alpha value is -4.55. The molecule has 0 aliphatic rings. The zero-order valence-corrected chi connectivity index (χ0v) is 22.8. The summed E-state index contributed by atoms with van der Waals surface area (Å²) in [4.78, 5) is 54.2. The van der Waals surface area contributed by atoms with E-state index < -0.39 is 42.3 Å². The van der Waals surface area contributed by atoms with Gasteiger partial charge in [-0.15, -0.1) is 0 Å². The quantitative estimate of drug-likeness (QED) is 0.301. The molecule has 0 spiro atoms. The van der Waals surface area contributed by atoms with E-state index in [9.17, 15) is 32.3 Å². The lowest BCUT2D eigenvalue weighted by atomic mass is 10.0. The number of alkyl carbamates (subject to hydrolysis) is 1. The van der Waals surface area contributed by atoms with Crippen molar-refractivity contribution in [3.05, 3.63) is 76.1 Å². The molecule has 0 unspecified atom stereocenters. The van der Waals surface area contributed by atoms with Crippen LogP contribution < -0.4 is 15.6 Å². The van der Waals surface area contributed by atoms with E-state index in [4.69, 9.17) is 4.74 Å². The van der Waals surface area contributed by atoms with Crippen LogP contribution >= 0.6 is 0 Å². The maximum Gasteiger partial charge on any atom is 0.407 e. The maximum atomic E-state index is 14.0. The summed E-state index contributed by atoms with van der Waals surface area (Å²) < 4.78 is 50.2. The summed E-state index contributed by atoms with van der Waals surface area (Å²) in [6, 6.07) is 5.90. The van der Waals surface area contributed by atoms with E-state index >= 15 is 0 Å². The maximum absolute atomic E-state index is 14.0. The number of aromatic nitrogens is 2. The van der Waals surface area contributed by atoms with Gasteiger partial charge in [0, 0.05) is 49.4 Å². The SMILES string of the molecule is COC(=O)N[C@@H](CC/C=C/C(=O)N(C)C)C(=O)Cc1cccn(Cc2cc3cc(F)cc(OCC(F)F)c3[nH]2)c1=O. The van der Waals surface area contributed by atoms with Gasteiger partial charge in [-0.25, -0.2) is 18.0 Å². The number of hydrogen-bond donors (Lipinski definition) is 2. The van der Waals surface area contributed by atoms with Crippen LogP contribution in [0.3, 0.4) is 0 Å². The first-order valence-corrected chi connectivity index (χ1v) is 12.6. The van der Waals surface area contributed by atoms with Crippen molar-refractivity contribution in [3.8, 4) is 5.75 Å². The van der Waals surface area contributed by atoms with Crippen LogP contribution in [0.5, 0.6) is 5.75 Å². The standard InChI is InChI=1S/C28H31F3N4O6/c1-34(2)25(37)9-5-4-8-21(33-28(39)40-3)22(36)13-17-7-6-10-35(27(17)38)15-20-12-18-11-19(29)14-23(26(18)32-20)41-16-24(30)31/h5-7,9-12,14,21,24,32H,4,8,13,15-16H2,1-3H3,(H,33,39)/b9-5+/t21-/m0/s1. The summed E-state index contributed by atoms with van der Waals surface area (Å²) in [5.74, 6) is -1.40. The first-order valence-electron chi connectivity index (χ1n) is 12.6. The van der Waals surface area contributed by atoms with E-state index in [1.165, 1.54) is 33.9 Å². The molecular formula is C28H31F3N4O6. The normalized spacial score (nSPS) is 12.1. The molecule has 0 radical (unpaired) electrons. The highest BCUT2D eigenvalue weighted by Gasteiger charge is 2.22. The lowest BCUT2D eigenvalue weighted by molar-refractivity contribution is -0.123. The summed E-state index contributed by atoms with van der Waals surface area (Å²) in [6.45, 7) is -0.890. The third-order valence-electron chi connectivity index (χ3n) is 6.07. The highest BCUT2D eigenvalue weighted by atomic mass is 19.3. The van der Waals surface area contributed by atoms with E-state index in [-0.39, 0.29) is 36.6 Å². The number of Topliss-reactive ketones (excluding diaryl/α,β-unsaturated/α-hetero) is 1. The number of nitrogens with one attached hydrogen (secondary N) is 2. The number of pyridine rings is 1. The molecule has 10 nitrogen and oxygen atoms in total. The number of likely N-dealkylation sites (N-methyl/N-ethyl adjacent to an activating group) is 1. The van der Waals surface area contributed by atoms with Crippen molar-refractivity contribution in [2.75, 3.05) is 27.8 Å². The number of ketones is 1. The van der Waals surface area contributed by atoms with Gasteiger partial charge in [0.15, 0.2) is 5.78 Å². The van der Waals surface area contributed by atoms with Crippen molar-refractivity contribution in [2.24, 2.45) is 0 Å². The second-order valence-corrected chi connectivity index (χ2v) is 9.38. The number of alkyl halides is 2. The minimum atomic E-state index is -2.74. The Bertz CT molecular complexity index is 1480. The number of ether oxygens (including phenoxy) is 2. The summed E-state index contributed by atoms with van der Waals surface area (Å²) in [7, 11) is 4.37. The van der Waals surface area contributed by atoms with Crippen molar-refractivity contribution in [1.29, 1.82) is 0 Å². The van der Waals surface area contributed by atoms with Gasteiger partial charge in [0.25, 0.3) is 12.0 Å². The van der Waals surface area contributed by atoms with Crippen LogP contribution in [0, 0.1) is 5.82 Å². The molecule has 13 heteroatoms. The number of H-pyrrole nitrogens is 1. The second-order valence-electron chi connectivity index (χ2n) is 9.38. The van der Waals surface area contributed by atoms with Gasteiger partial charge in [-0.3, -0.25) is 14.4 Å². The lowest BCUT2D eigenvalue weighted by Crippen LogP contribution is -2.42. The van der Waals surface area contributed by atoms with E-state index in [0.29, 0.717) is 23.0 Å². The largest absolute Gasteiger partial charge is 0.485 e. The first-order chi connectivity index (χ1) is 19.5. The van der Waals surface area contributed by atoms with Crippen LogP contribution in [0.1, 0.15) is 24.1 Å². The van der Waals surface area contributed by atoms with E-state index in [1.54, 1.807) is 32.3 Å². The van der Waals surface area contributed by atoms with Crippen molar-refractivity contribution < 1.29 is 37.0 Å². The molecule has 2 heterocycles. The number of carbonyl (C=O) groups excluding carboxylic acids is 3. The topological polar surface area (TPSA) is 123 Å². The lowest BCUT2D eigenvalue weighted by Gasteiger charge is -2.16. The Morgan fingerprint density at radius 2 is 1.95 bits per heavy atom. The van der Waals surface area contributed by atoms with Gasteiger partial charge in [0.2, 0.25) is 5.91 Å². The third-order valence-corrected chi connectivity index (χ3v) is 6.07. The monoisotopic (exact) mass is 576 g/mol. The molecule has 3 rings (SSSR count).